The average Bonchev–Trinajstić information content (AvgIpc) is 2.66. The molecule has 0 amide bonds. The zero-order valence-electron chi connectivity index (χ0n) is 17.7. The van der Waals surface area contributed by atoms with E-state index in [1.807, 2.05) is 0 Å². The summed E-state index contributed by atoms with van der Waals surface area (Å²) in [5.74, 6) is 0.299. The first kappa shape index (κ1) is 25.2. The van der Waals surface area contributed by atoms with Crippen molar-refractivity contribution in [3.8, 4) is 0 Å². The van der Waals surface area contributed by atoms with Crippen LogP contribution in [0.3, 0.4) is 0 Å². The molecule has 0 fully saturated rings. The molecule has 0 spiro atoms. The highest BCUT2D eigenvalue weighted by Gasteiger charge is 2.09. The molecule has 0 aromatic rings. The van der Waals surface area contributed by atoms with Gasteiger partial charge in [-0.25, -0.2) is 4.79 Å². The number of hydrogen-bond acceptors (Lipinski definition) is 3. The minimum Gasteiger partial charge on any atom is -0.463 e. The average molecular weight is 368 g/mol. The summed E-state index contributed by atoms with van der Waals surface area (Å²) >= 11 is 0. The number of carbonyl (C=O) groups is 1. The van der Waals surface area contributed by atoms with E-state index in [2.05, 4.69) is 25.7 Å². The Bertz CT molecular complexity index is 317. The van der Waals surface area contributed by atoms with Gasteiger partial charge in [-0.2, -0.15) is 0 Å². The van der Waals surface area contributed by atoms with E-state index in [9.17, 15) is 4.79 Å². The zero-order valence-corrected chi connectivity index (χ0v) is 17.7. The summed E-state index contributed by atoms with van der Waals surface area (Å²) in [6.45, 7) is 10.4. The highest BCUT2D eigenvalue weighted by molar-refractivity contribution is 5.81. The van der Waals surface area contributed by atoms with Crippen molar-refractivity contribution in [1.29, 1.82) is 0 Å². The lowest BCUT2D eigenvalue weighted by molar-refractivity contribution is -0.138. The van der Waals surface area contributed by atoms with Gasteiger partial charge in [0, 0.05) is 6.08 Å². The largest absolute Gasteiger partial charge is 0.463 e. The number of rotatable bonds is 20. The highest BCUT2D eigenvalue weighted by Crippen LogP contribution is 2.16. The van der Waals surface area contributed by atoms with Gasteiger partial charge in [-0.15, -0.1) is 0 Å². The molecule has 0 aliphatic carbocycles. The van der Waals surface area contributed by atoms with Crippen molar-refractivity contribution in [3.05, 3.63) is 12.7 Å². The van der Waals surface area contributed by atoms with Crippen molar-refractivity contribution in [2.45, 2.75) is 104 Å². The Balaban J connectivity index is 3.53. The Labute approximate surface area is 163 Å². The number of hydrogen-bond donors (Lipinski definition) is 1. The summed E-state index contributed by atoms with van der Waals surface area (Å²) in [5.41, 5.74) is 0. The second kappa shape index (κ2) is 20.5. The van der Waals surface area contributed by atoms with Crippen LogP contribution in [-0.4, -0.2) is 25.7 Å². The second-order valence-corrected chi connectivity index (χ2v) is 7.51. The van der Waals surface area contributed by atoms with Crippen LogP contribution in [0.1, 0.15) is 104 Å². The molecule has 0 saturated heterocycles. The number of nitrogens with one attached hydrogen (secondary N) is 1. The lowest BCUT2D eigenvalue weighted by Crippen LogP contribution is -2.24. The van der Waals surface area contributed by atoms with Crippen LogP contribution in [0.5, 0.6) is 0 Å². The maximum absolute atomic E-state index is 11.1. The van der Waals surface area contributed by atoms with Crippen LogP contribution in [0.2, 0.25) is 0 Å². The van der Waals surface area contributed by atoms with Crippen LogP contribution in [0.25, 0.3) is 0 Å². The molecule has 0 radical (unpaired) electrons. The van der Waals surface area contributed by atoms with E-state index in [1.54, 1.807) is 0 Å². The van der Waals surface area contributed by atoms with Gasteiger partial charge in [-0.3, -0.25) is 0 Å². The van der Waals surface area contributed by atoms with Crippen molar-refractivity contribution >= 4 is 5.97 Å². The topological polar surface area (TPSA) is 38.3 Å². The monoisotopic (exact) mass is 367 g/mol. The van der Waals surface area contributed by atoms with Crippen molar-refractivity contribution in [2.24, 2.45) is 5.92 Å². The molecule has 0 heterocycles. The van der Waals surface area contributed by atoms with E-state index in [0.717, 1.165) is 19.5 Å². The Morgan fingerprint density at radius 2 is 1.42 bits per heavy atom. The van der Waals surface area contributed by atoms with E-state index in [1.165, 1.54) is 89.5 Å². The Morgan fingerprint density at radius 1 is 0.885 bits per heavy atom. The fraction of sp³-hybridized carbons (Fsp3) is 0.870. The van der Waals surface area contributed by atoms with Gasteiger partial charge in [-0.1, -0.05) is 97.5 Å². The SMILES string of the molecule is C=CC(=O)OCCC(CCCCCCCCCCCCCC)CNCC. The Hall–Kier alpha value is -0.830. The third-order valence-corrected chi connectivity index (χ3v) is 5.09. The molecule has 0 rings (SSSR count). The summed E-state index contributed by atoms with van der Waals surface area (Å²) in [4.78, 5) is 11.1. The molecule has 0 aliphatic heterocycles. The van der Waals surface area contributed by atoms with Gasteiger partial charge in [0.2, 0.25) is 0 Å². The molecule has 154 valence electrons. The Kier molecular flexibility index (Phi) is 19.8. The normalized spacial score (nSPS) is 12.1. The molecule has 26 heavy (non-hydrogen) atoms. The van der Waals surface area contributed by atoms with Crippen LogP contribution in [0, 0.1) is 5.92 Å². The first-order valence-corrected chi connectivity index (χ1v) is 11.2. The molecule has 3 nitrogen and oxygen atoms in total. The van der Waals surface area contributed by atoms with Crippen LogP contribution in [0.4, 0.5) is 0 Å². The molecular weight excluding hydrogens is 322 g/mol. The van der Waals surface area contributed by atoms with Gasteiger partial charge in [0.05, 0.1) is 6.61 Å². The van der Waals surface area contributed by atoms with Gasteiger partial charge in [0.15, 0.2) is 0 Å². The van der Waals surface area contributed by atoms with E-state index in [4.69, 9.17) is 4.74 Å². The van der Waals surface area contributed by atoms with Crippen LogP contribution < -0.4 is 5.32 Å². The van der Waals surface area contributed by atoms with Crippen LogP contribution >= 0.6 is 0 Å². The lowest BCUT2D eigenvalue weighted by Gasteiger charge is -2.17. The predicted octanol–water partition coefficient (Wildman–Crippen LogP) is 6.42. The molecule has 0 saturated carbocycles. The van der Waals surface area contributed by atoms with Crippen LogP contribution in [0.15, 0.2) is 12.7 Å². The second-order valence-electron chi connectivity index (χ2n) is 7.51. The smallest absolute Gasteiger partial charge is 0.330 e. The summed E-state index contributed by atoms with van der Waals surface area (Å²) in [6, 6.07) is 0. The first-order valence-electron chi connectivity index (χ1n) is 11.2. The fourth-order valence-corrected chi connectivity index (χ4v) is 3.36. The molecule has 0 aliphatic rings. The standard InChI is InChI=1S/C23H45NO2/c1-4-7-8-9-10-11-12-13-14-15-16-17-18-22(21-24-6-3)19-20-26-23(25)5-2/h5,22,24H,2,4,6-21H2,1,3H3. The number of ether oxygens (including phenoxy) is 1. The van der Waals surface area contributed by atoms with Crippen molar-refractivity contribution in [2.75, 3.05) is 19.7 Å². The predicted molar refractivity (Wildman–Crippen MR) is 114 cm³/mol. The van der Waals surface area contributed by atoms with Crippen molar-refractivity contribution in [3.63, 3.8) is 0 Å². The zero-order chi connectivity index (χ0) is 19.3. The molecule has 1 N–H and O–H groups in total. The first-order chi connectivity index (χ1) is 12.7. The maximum atomic E-state index is 11.1. The summed E-state index contributed by atoms with van der Waals surface area (Å²) in [5, 5.41) is 3.43. The number of unbranched alkanes of at least 4 members (excludes halogenated alkanes) is 11. The lowest BCUT2D eigenvalue weighted by atomic mass is 9.97. The molecule has 0 aromatic carbocycles. The number of carbonyl (C=O) groups excluding carboxylic acids is 1. The third kappa shape index (κ3) is 18.0. The minimum absolute atomic E-state index is 0.308. The fourth-order valence-electron chi connectivity index (χ4n) is 3.36. The number of esters is 1. The Morgan fingerprint density at radius 3 is 1.92 bits per heavy atom. The van der Waals surface area contributed by atoms with Crippen LogP contribution in [-0.2, 0) is 9.53 Å². The molecule has 1 atom stereocenters. The van der Waals surface area contributed by atoms with E-state index in [-0.39, 0.29) is 5.97 Å². The van der Waals surface area contributed by atoms with E-state index >= 15 is 0 Å². The van der Waals surface area contributed by atoms with Crippen molar-refractivity contribution in [1.82, 2.24) is 5.32 Å². The molecule has 1 unspecified atom stereocenters. The quantitative estimate of drug-likeness (QED) is 0.153. The molecular formula is C23H45NO2. The van der Waals surface area contributed by atoms with E-state index in [0.29, 0.717) is 12.5 Å². The van der Waals surface area contributed by atoms with Gasteiger partial charge in [-0.05, 0) is 31.8 Å². The molecule has 0 bridgehead atoms. The molecule has 3 heteroatoms. The van der Waals surface area contributed by atoms with Gasteiger partial charge >= 0.3 is 5.97 Å². The summed E-state index contributed by atoms with van der Waals surface area (Å²) in [7, 11) is 0. The van der Waals surface area contributed by atoms with E-state index < -0.39 is 0 Å². The van der Waals surface area contributed by atoms with Gasteiger partial charge < -0.3 is 10.1 Å². The third-order valence-electron chi connectivity index (χ3n) is 5.09. The van der Waals surface area contributed by atoms with Crippen molar-refractivity contribution < 1.29 is 9.53 Å². The molecule has 0 aromatic heterocycles. The maximum Gasteiger partial charge on any atom is 0.330 e. The minimum atomic E-state index is -0.308. The van der Waals surface area contributed by atoms with Gasteiger partial charge in [0.1, 0.15) is 0 Å². The highest BCUT2D eigenvalue weighted by atomic mass is 16.5. The van der Waals surface area contributed by atoms with Gasteiger partial charge in [0.25, 0.3) is 0 Å². The summed E-state index contributed by atoms with van der Waals surface area (Å²) in [6.07, 6.45) is 20.1. The summed E-state index contributed by atoms with van der Waals surface area (Å²) < 4.78 is 5.13.